The largest absolute Gasteiger partial charge is 0.497 e. The number of benzene rings is 1. The molecule has 8 heteroatoms. The second-order valence-electron chi connectivity index (χ2n) is 8.91. The molecule has 2 unspecified atom stereocenters. The highest BCUT2D eigenvalue weighted by Gasteiger charge is 2.56. The number of hydrogen-bond acceptors (Lipinski definition) is 5. The van der Waals surface area contributed by atoms with Crippen LogP contribution in [0.15, 0.2) is 18.2 Å². The Morgan fingerprint density at radius 2 is 1.79 bits per heavy atom. The number of nitrogens with one attached hydrogen (secondary N) is 2. The van der Waals surface area contributed by atoms with Crippen molar-refractivity contribution in [2.24, 2.45) is 11.3 Å². The van der Waals surface area contributed by atoms with Gasteiger partial charge in [0.05, 0.1) is 14.2 Å². The molecule has 0 bridgehead atoms. The van der Waals surface area contributed by atoms with Crippen molar-refractivity contribution in [1.29, 1.82) is 0 Å². The van der Waals surface area contributed by atoms with Crippen LogP contribution in [0.3, 0.4) is 0 Å². The number of ether oxygens (including phenoxy) is 2. The van der Waals surface area contributed by atoms with Gasteiger partial charge in [-0.05, 0) is 30.6 Å². The third-order valence-corrected chi connectivity index (χ3v) is 5.56. The zero-order chi connectivity index (χ0) is 21.4. The summed E-state index contributed by atoms with van der Waals surface area (Å²) in [6.07, 6.45) is 2.16. The van der Waals surface area contributed by atoms with E-state index in [1.807, 2.05) is 0 Å². The number of amides is 4. The summed E-state index contributed by atoms with van der Waals surface area (Å²) in [7, 11) is 3.03. The summed E-state index contributed by atoms with van der Waals surface area (Å²) in [4.78, 5) is 39.2. The number of methoxy groups -OCH3 is 2. The van der Waals surface area contributed by atoms with Gasteiger partial charge in [0.1, 0.15) is 23.6 Å². The molecule has 1 aromatic rings. The van der Waals surface area contributed by atoms with E-state index in [9.17, 15) is 14.4 Å². The Kier molecular flexibility index (Phi) is 5.47. The Balaban J connectivity index is 1.73. The smallest absolute Gasteiger partial charge is 0.325 e. The van der Waals surface area contributed by atoms with Crippen LogP contribution in [0, 0.1) is 11.3 Å². The normalized spacial score (nSPS) is 25.7. The first-order chi connectivity index (χ1) is 13.6. The minimum atomic E-state index is -0.919. The quantitative estimate of drug-likeness (QED) is 0.737. The van der Waals surface area contributed by atoms with E-state index in [1.165, 1.54) is 14.2 Å². The van der Waals surface area contributed by atoms with Crippen LogP contribution in [0.5, 0.6) is 11.5 Å². The maximum absolute atomic E-state index is 13.1. The average molecular weight is 403 g/mol. The maximum atomic E-state index is 13.1. The highest BCUT2D eigenvalue weighted by molar-refractivity contribution is 6.10. The average Bonchev–Trinajstić information content (AvgIpc) is 2.82. The van der Waals surface area contributed by atoms with Gasteiger partial charge in [-0.15, -0.1) is 0 Å². The molecule has 1 aliphatic heterocycles. The Hall–Kier alpha value is -2.77. The highest BCUT2D eigenvalue weighted by Crippen LogP contribution is 2.46. The van der Waals surface area contributed by atoms with Gasteiger partial charge in [-0.25, -0.2) is 4.79 Å². The standard InChI is InChI=1S/C21H29N3O5/c1-13-9-20(2,3)12-21(10-13)18(26)24(19(27)23-21)11-17(25)22-14-6-15(28-4)8-16(7-14)29-5/h6-8,13H,9-12H2,1-5H3,(H,22,25)(H,23,27). The Labute approximate surface area is 170 Å². The number of nitrogens with zero attached hydrogens (tertiary/aromatic N) is 1. The zero-order valence-electron chi connectivity index (χ0n) is 17.6. The third kappa shape index (κ3) is 4.31. The van der Waals surface area contributed by atoms with E-state index >= 15 is 0 Å². The second-order valence-corrected chi connectivity index (χ2v) is 8.91. The van der Waals surface area contributed by atoms with Crippen molar-refractivity contribution >= 4 is 23.5 Å². The summed E-state index contributed by atoms with van der Waals surface area (Å²) in [6.45, 7) is 5.96. The van der Waals surface area contributed by atoms with Crippen LogP contribution in [0.1, 0.15) is 40.0 Å². The van der Waals surface area contributed by atoms with E-state index in [-0.39, 0.29) is 17.9 Å². The fourth-order valence-electron chi connectivity index (χ4n) is 4.87. The summed E-state index contributed by atoms with van der Waals surface area (Å²) >= 11 is 0. The molecule has 1 spiro atoms. The molecule has 1 aromatic carbocycles. The summed E-state index contributed by atoms with van der Waals surface area (Å²) in [5.74, 6) is 0.560. The number of hydrogen-bond donors (Lipinski definition) is 2. The highest BCUT2D eigenvalue weighted by atomic mass is 16.5. The number of anilines is 1. The lowest BCUT2D eigenvalue weighted by atomic mass is 9.64. The van der Waals surface area contributed by atoms with Gasteiger partial charge < -0.3 is 20.1 Å². The summed E-state index contributed by atoms with van der Waals surface area (Å²) in [6, 6.07) is 4.44. The van der Waals surface area contributed by atoms with Crippen LogP contribution < -0.4 is 20.1 Å². The van der Waals surface area contributed by atoms with E-state index in [1.54, 1.807) is 18.2 Å². The second kappa shape index (κ2) is 7.57. The van der Waals surface area contributed by atoms with Crippen LogP contribution in [-0.2, 0) is 9.59 Å². The first-order valence-electron chi connectivity index (χ1n) is 9.74. The van der Waals surface area contributed by atoms with Crippen molar-refractivity contribution in [1.82, 2.24) is 10.2 Å². The monoisotopic (exact) mass is 403 g/mol. The molecule has 2 atom stereocenters. The van der Waals surface area contributed by atoms with Gasteiger partial charge in [0, 0.05) is 23.9 Å². The van der Waals surface area contributed by atoms with Gasteiger partial charge in [-0.1, -0.05) is 20.8 Å². The molecular formula is C21H29N3O5. The van der Waals surface area contributed by atoms with Gasteiger partial charge in [0.25, 0.3) is 5.91 Å². The minimum Gasteiger partial charge on any atom is -0.497 e. The summed E-state index contributed by atoms with van der Waals surface area (Å²) in [5.41, 5.74) is -0.520. The zero-order valence-corrected chi connectivity index (χ0v) is 17.6. The molecule has 2 N–H and O–H groups in total. The Bertz CT molecular complexity index is 815. The maximum Gasteiger partial charge on any atom is 0.325 e. The Morgan fingerprint density at radius 3 is 2.34 bits per heavy atom. The van der Waals surface area contributed by atoms with Crippen molar-refractivity contribution in [3.8, 4) is 11.5 Å². The van der Waals surface area contributed by atoms with Crippen molar-refractivity contribution in [3.05, 3.63) is 18.2 Å². The van der Waals surface area contributed by atoms with Gasteiger partial charge in [-0.3, -0.25) is 14.5 Å². The third-order valence-electron chi connectivity index (χ3n) is 5.56. The van der Waals surface area contributed by atoms with E-state index < -0.39 is 17.5 Å². The molecule has 0 radical (unpaired) electrons. The first-order valence-corrected chi connectivity index (χ1v) is 9.74. The minimum absolute atomic E-state index is 0.0595. The van der Waals surface area contributed by atoms with E-state index in [0.29, 0.717) is 35.9 Å². The molecule has 1 saturated heterocycles. The molecule has 4 amide bonds. The molecular weight excluding hydrogens is 374 g/mol. The van der Waals surface area contributed by atoms with Gasteiger partial charge in [0.2, 0.25) is 5.91 Å². The van der Waals surface area contributed by atoms with Gasteiger partial charge >= 0.3 is 6.03 Å². The lowest BCUT2D eigenvalue weighted by Gasteiger charge is -2.43. The molecule has 2 aliphatic rings. The fourth-order valence-corrected chi connectivity index (χ4v) is 4.87. The predicted octanol–water partition coefficient (Wildman–Crippen LogP) is 2.78. The van der Waals surface area contributed by atoms with Crippen LogP contribution in [0.25, 0.3) is 0 Å². The molecule has 1 aliphatic carbocycles. The van der Waals surface area contributed by atoms with Crippen molar-refractivity contribution < 1.29 is 23.9 Å². The first kappa shape index (κ1) is 21.0. The van der Waals surface area contributed by atoms with Crippen LogP contribution in [-0.4, -0.2) is 49.0 Å². The number of imide groups is 1. The lowest BCUT2D eigenvalue weighted by Crippen LogP contribution is -2.54. The molecule has 3 rings (SSSR count). The number of rotatable bonds is 5. The molecule has 2 fully saturated rings. The molecule has 1 saturated carbocycles. The van der Waals surface area contributed by atoms with Crippen molar-refractivity contribution in [2.75, 3.05) is 26.1 Å². The van der Waals surface area contributed by atoms with Crippen molar-refractivity contribution in [3.63, 3.8) is 0 Å². The molecule has 29 heavy (non-hydrogen) atoms. The van der Waals surface area contributed by atoms with E-state index in [4.69, 9.17) is 9.47 Å². The fraction of sp³-hybridized carbons (Fsp3) is 0.571. The van der Waals surface area contributed by atoms with Gasteiger partial charge in [-0.2, -0.15) is 0 Å². The van der Waals surface area contributed by atoms with Crippen LogP contribution in [0.4, 0.5) is 10.5 Å². The lowest BCUT2D eigenvalue weighted by molar-refractivity contribution is -0.136. The number of carbonyl (C=O) groups excluding carboxylic acids is 3. The molecule has 8 nitrogen and oxygen atoms in total. The summed E-state index contributed by atoms with van der Waals surface area (Å²) < 4.78 is 10.4. The number of urea groups is 1. The van der Waals surface area contributed by atoms with E-state index in [0.717, 1.165) is 11.3 Å². The SMILES string of the molecule is COc1cc(NC(=O)CN2C(=O)NC3(CC(C)CC(C)(C)C3)C2=O)cc(OC)c1. The predicted molar refractivity (Wildman–Crippen MR) is 108 cm³/mol. The van der Waals surface area contributed by atoms with E-state index in [2.05, 4.69) is 31.4 Å². The molecule has 1 heterocycles. The molecule has 0 aromatic heterocycles. The molecule has 158 valence electrons. The number of carbonyl (C=O) groups is 3. The summed E-state index contributed by atoms with van der Waals surface area (Å²) in [5, 5.41) is 5.58. The van der Waals surface area contributed by atoms with Crippen molar-refractivity contribution in [2.45, 2.75) is 45.6 Å². The van der Waals surface area contributed by atoms with Crippen LogP contribution in [0.2, 0.25) is 0 Å². The topological polar surface area (TPSA) is 97.0 Å². The van der Waals surface area contributed by atoms with Gasteiger partial charge in [0.15, 0.2) is 0 Å². The Morgan fingerprint density at radius 1 is 1.17 bits per heavy atom. The van der Waals surface area contributed by atoms with Crippen LogP contribution >= 0.6 is 0 Å².